The zero-order valence-corrected chi connectivity index (χ0v) is 12.8. The zero-order chi connectivity index (χ0) is 15.7. The summed E-state index contributed by atoms with van der Waals surface area (Å²) >= 11 is 4.75. The van der Waals surface area contributed by atoms with Gasteiger partial charge in [0, 0.05) is 23.8 Å². The number of hydrogen-bond donors (Lipinski definition) is 1. The van der Waals surface area contributed by atoms with Crippen LogP contribution >= 0.6 is 12.2 Å². The highest BCUT2D eigenvalue weighted by Gasteiger charge is 2.34. The van der Waals surface area contributed by atoms with Crippen LogP contribution in [-0.2, 0) is 6.18 Å². The van der Waals surface area contributed by atoms with Gasteiger partial charge in [0.2, 0.25) is 0 Å². The van der Waals surface area contributed by atoms with Crippen molar-refractivity contribution in [2.24, 2.45) is 5.73 Å². The highest BCUT2D eigenvalue weighted by atomic mass is 32.1. The number of rotatable bonds is 4. The summed E-state index contributed by atoms with van der Waals surface area (Å²) in [6.07, 6.45) is -3.61. The molecule has 0 spiro atoms. The predicted molar refractivity (Wildman–Crippen MR) is 80.1 cm³/mol. The van der Waals surface area contributed by atoms with Crippen LogP contribution in [0.1, 0.15) is 38.3 Å². The minimum Gasteiger partial charge on any atom is -0.389 e. The topological polar surface area (TPSA) is 29.3 Å². The van der Waals surface area contributed by atoms with Crippen LogP contribution in [0.2, 0.25) is 0 Å². The Morgan fingerprint density at radius 1 is 1.30 bits per heavy atom. The van der Waals surface area contributed by atoms with Crippen molar-refractivity contribution in [3.05, 3.63) is 29.3 Å². The minimum atomic E-state index is -4.46. The fourth-order valence-electron chi connectivity index (χ4n) is 1.78. The first kappa shape index (κ1) is 16.8. The maximum atomic E-state index is 12.9. The molecule has 0 fully saturated rings. The molecule has 0 atom stereocenters. The molecule has 0 amide bonds. The average Bonchev–Trinajstić information content (AvgIpc) is 2.35. The van der Waals surface area contributed by atoms with Crippen molar-refractivity contribution in [3.63, 3.8) is 0 Å². The second-order valence-electron chi connectivity index (χ2n) is 5.32. The Morgan fingerprint density at radius 3 is 2.25 bits per heavy atom. The second kappa shape index (κ2) is 5.60. The van der Waals surface area contributed by atoms with E-state index in [4.69, 9.17) is 18.0 Å². The maximum absolute atomic E-state index is 12.9. The third kappa shape index (κ3) is 3.42. The van der Waals surface area contributed by atoms with Crippen molar-refractivity contribution in [2.75, 3.05) is 11.9 Å². The molecule has 0 aliphatic heterocycles. The van der Waals surface area contributed by atoms with Gasteiger partial charge in [0.25, 0.3) is 0 Å². The van der Waals surface area contributed by atoms with E-state index in [1.165, 1.54) is 12.1 Å². The molecule has 0 heterocycles. The lowest BCUT2D eigenvalue weighted by molar-refractivity contribution is -0.137. The van der Waals surface area contributed by atoms with E-state index in [0.29, 0.717) is 5.69 Å². The Balaban J connectivity index is 3.35. The normalized spacial score (nSPS) is 12.3. The van der Waals surface area contributed by atoms with Gasteiger partial charge in [0.1, 0.15) is 4.99 Å². The van der Waals surface area contributed by atoms with Gasteiger partial charge < -0.3 is 10.6 Å². The van der Waals surface area contributed by atoms with Crippen LogP contribution in [0.15, 0.2) is 18.2 Å². The zero-order valence-electron chi connectivity index (χ0n) is 12.0. The summed E-state index contributed by atoms with van der Waals surface area (Å²) in [4.78, 5) is 1.68. The van der Waals surface area contributed by atoms with Crippen molar-refractivity contribution in [3.8, 4) is 0 Å². The number of nitrogens with zero attached hydrogens (tertiary/aromatic N) is 1. The summed E-state index contributed by atoms with van der Waals surface area (Å²) < 4.78 is 38.7. The summed E-state index contributed by atoms with van der Waals surface area (Å²) in [6, 6.07) is 3.89. The monoisotopic (exact) mass is 304 g/mol. The van der Waals surface area contributed by atoms with Crippen LogP contribution in [0.3, 0.4) is 0 Å². The molecule has 0 aliphatic carbocycles. The summed E-state index contributed by atoms with van der Waals surface area (Å²) in [7, 11) is 1.84. The third-order valence-electron chi connectivity index (χ3n) is 3.73. The lowest BCUT2D eigenvalue weighted by Crippen LogP contribution is -2.40. The summed E-state index contributed by atoms with van der Waals surface area (Å²) in [5.74, 6) is 0. The molecule has 112 valence electrons. The van der Waals surface area contributed by atoms with E-state index in [1.807, 2.05) is 32.7 Å². The van der Waals surface area contributed by atoms with Gasteiger partial charge in [-0.2, -0.15) is 13.2 Å². The first-order valence-electron chi connectivity index (χ1n) is 6.25. The molecule has 0 aliphatic rings. The molecule has 0 radical (unpaired) electrons. The fraction of sp³-hybridized carbons (Fsp3) is 0.500. The van der Waals surface area contributed by atoms with Crippen molar-refractivity contribution >= 4 is 22.9 Å². The molecule has 20 heavy (non-hydrogen) atoms. The van der Waals surface area contributed by atoms with Crippen LogP contribution < -0.4 is 10.6 Å². The van der Waals surface area contributed by atoms with E-state index >= 15 is 0 Å². The van der Waals surface area contributed by atoms with E-state index in [1.54, 1.807) is 0 Å². The third-order valence-corrected chi connectivity index (χ3v) is 3.95. The van der Waals surface area contributed by atoms with Crippen LogP contribution in [-0.4, -0.2) is 17.6 Å². The number of benzene rings is 1. The number of thiocarbonyl (C=S) groups is 1. The quantitative estimate of drug-likeness (QED) is 0.854. The van der Waals surface area contributed by atoms with Gasteiger partial charge in [-0.3, -0.25) is 0 Å². The molecule has 0 aromatic heterocycles. The van der Waals surface area contributed by atoms with E-state index in [0.717, 1.165) is 12.5 Å². The van der Waals surface area contributed by atoms with Gasteiger partial charge >= 0.3 is 6.18 Å². The first-order chi connectivity index (χ1) is 9.00. The standard InChI is InChI=1S/C14H19F3N2S/c1-5-13(2,3)19(4)9-6-7-11(14(15,16)17)10(8-9)12(18)20/h6-8H,5H2,1-4H3,(H2,18,20). The molecule has 2 N–H and O–H groups in total. The van der Waals surface area contributed by atoms with Gasteiger partial charge in [-0.05, 0) is 38.5 Å². The molecule has 0 bridgehead atoms. The van der Waals surface area contributed by atoms with Crippen molar-refractivity contribution in [1.82, 2.24) is 0 Å². The van der Waals surface area contributed by atoms with Crippen molar-refractivity contribution < 1.29 is 13.2 Å². The Kier molecular flexibility index (Phi) is 4.69. The molecule has 1 aromatic carbocycles. The molecule has 0 saturated heterocycles. The smallest absolute Gasteiger partial charge is 0.389 e. The Hall–Kier alpha value is -1.30. The van der Waals surface area contributed by atoms with Gasteiger partial charge in [-0.15, -0.1) is 0 Å². The number of halogens is 3. The molecule has 2 nitrogen and oxygen atoms in total. The van der Waals surface area contributed by atoms with Crippen LogP contribution in [0.5, 0.6) is 0 Å². The molecule has 0 unspecified atom stereocenters. The van der Waals surface area contributed by atoms with Gasteiger partial charge in [0.05, 0.1) is 5.56 Å². The van der Waals surface area contributed by atoms with Crippen molar-refractivity contribution in [1.29, 1.82) is 0 Å². The van der Waals surface area contributed by atoms with E-state index < -0.39 is 11.7 Å². The number of nitrogens with two attached hydrogens (primary N) is 1. The largest absolute Gasteiger partial charge is 0.417 e. The molecule has 1 rings (SSSR count). The fourth-order valence-corrected chi connectivity index (χ4v) is 1.95. The molecular formula is C14H19F3N2S. The van der Waals surface area contributed by atoms with E-state index in [-0.39, 0.29) is 16.1 Å². The summed E-state index contributed by atoms with van der Waals surface area (Å²) in [5.41, 5.74) is 4.99. The first-order valence-corrected chi connectivity index (χ1v) is 6.66. The van der Waals surface area contributed by atoms with Crippen LogP contribution in [0.25, 0.3) is 0 Å². The van der Waals surface area contributed by atoms with Gasteiger partial charge in [-0.1, -0.05) is 19.1 Å². The second-order valence-corrected chi connectivity index (χ2v) is 5.76. The number of hydrogen-bond acceptors (Lipinski definition) is 2. The minimum absolute atomic E-state index is 0.135. The van der Waals surface area contributed by atoms with Gasteiger partial charge in [0.15, 0.2) is 0 Å². The molecule has 1 aromatic rings. The Bertz CT molecular complexity index is 510. The lowest BCUT2D eigenvalue weighted by atomic mass is 9.97. The Labute approximate surface area is 122 Å². The van der Waals surface area contributed by atoms with Crippen LogP contribution in [0.4, 0.5) is 18.9 Å². The van der Waals surface area contributed by atoms with Crippen molar-refractivity contribution in [2.45, 2.75) is 38.9 Å². The average molecular weight is 304 g/mol. The highest BCUT2D eigenvalue weighted by Crippen LogP contribution is 2.35. The number of anilines is 1. The summed E-state index contributed by atoms with van der Waals surface area (Å²) in [6.45, 7) is 6.06. The van der Waals surface area contributed by atoms with E-state index in [9.17, 15) is 13.2 Å². The SMILES string of the molecule is CCC(C)(C)N(C)c1ccc(C(F)(F)F)c(C(N)=S)c1. The maximum Gasteiger partial charge on any atom is 0.417 e. The highest BCUT2D eigenvalue weighted by molar-refractivity contribution is 7.80. The molecule has 6 heteroatoms. The predicted octanol–water partition coefficient (Wildman–Crippen LogP) is 3.96. The molecule has 0 saturated carbocycles. The Morgan fingerprint density at radius 2 is 1.85 bits per heavy atom. The molecular weight excluding hydrogens is 285 g/mol. The van der Waals surface area contributed by atoms with Gasteiger partial charge in [-0.25, -0.2) is 0 Å². The van der Waals surface area contributed by atoms with E-state index in [2.05, 4.69) is 0 Å². The number of alkyl halides is 3. The van der Waals surface area contributed by atoms with Crippen LogP contribution in [0, 0.1) is 0 Å². The lowest BCUT2D eigenvalue weighted by Gasteiger charge is -2.37. The summed E-state index contributed by atoms with van der Waals surface area (Å²) in [5, 5.41) is 0.